The zero-order chi connectivity index (χ0) is 11.8. The lowest BCUT2D eigenvalue weighted by molar-refractivity contribution is 0.228. The van der Waals surface area contributed by atoms with Gasteiger partial charge < -0.3 is 5.73 Å². The fourth-order valence-electron chi connectivity index (χ4n) is 3.07. The van der Waals surface area contributed by atoms with E-state index in [1.807, 2.05) is 0 Å². The summed E-state index contributed by atoms with van der Waals surface area (Å²) >= 11 is 0. The summed E-state index contributed by atoms with van der Waals surface area (Å²) in [5.41, 5.74) is 12.0. The highest BCUT2D eigenvalue weighted by Crippen LogP contribution is 2.47. The molecule has 1 saturated carbocycles. The van der Waals surface area contributed by atoms with Crippen LogP contribution in [0.15, 0.2) is 12.1 Å². The van der Waals surface area contributed by atoms with E-state index in [2.05, 4.69) is 32.9 Å². The smallest absolute Gasteiger partial charge is 0.00323 e. The van der Waals surface area contributed by atoms with Crippen LogP contribution in [0.5, 0.6) is 0 Å². The number of aryl methyl sites for hydroxylation is 3. The normalized spacial score (nSPS) is 18.2. The van der Waals surface area contributed by atoms with Crippen LogP contribution in [0.4, 0.5) is 0 Å². The predicted molar refractivity (Wildman–Crippen MR) is 69.9 cm³/mol. The van der Waals surface area contributed by atoms with Crippen LogP contribution in [0.3, 0.4) is 0 Å². The maximum absolute atomic E-state index is 5.78. The van der Waals surface area contributed by atoms with Crippen molar-refractivity contribution in [2.45, 2.75) is 51.9 Å². The lowest BCUT2D eigenvalue weighted by Gasteiger charge is -2.43. The minimum Gasteiger partial charge on any atom is -0.330 e. The third-order valence-electron chi connectivity index (χ3n) is 4.35. The molecule has 2 N–H and O–H groups in total. The van der Waals surface area contributed by atoms with Crippen LogP contribution in [-0.2, 0) is 5.41 Å². The lowest BCUT2D eigenvalue weighted by atomic mass is 9.61. The Balaban J connectivity index is 2.42. The van der Waals surface area contributed by atoms with Gasteiger partial charge in [0, 0.05) is 0 Å². The number of hydrogen-bond donors (Lipinski definition) is 1. The van der Waals surface area contributed by atoms with Gasteiger partial charge >= 0.3 is 0 Å². The van der Waals surface area contributed by atoms with Crippen molar-refractivity contribution in [2.75, 3.05) is 6.54 Å². The van der Waals surface area contributed by atoms with E-state index in [4.69, 9.17) is 5.73 Å². The molecule has 1 aromatic rings. The third kappa shape index (κ3) is 1.78. The second-order valence-corrected chi connectivity index (χ2v) is 5.42. The summed E-state index contributed by atoms with van der Waals surface area (Å²) in [4.78, 5) is 0. The second-order valence-electron chi connectivity index (χ2n) is 5.42. The van der Waals surface area contributed by atoms with E-state index in [0.717, 1.165) is 13.0 Å². The molecule has 0 amide bonds. The third-order valence-corrected chi connectivity index (χ3v) is 4.35. The molecule has 2 rings (SSSR count). The fourth-order valence-corrected chi connectivity index (χ4v) is 3.07. The molecular formula is C15H23N. The number of nitrogens with two attached hydrogens (primary N) is 1. The standard InChI is InChI=1S/C15H23N/c1-11-9-13(3)14(10-12(11)2)15(7-8-16)5-4-6-15/h9-10H,4-8,16H2,1-3H3. The van der Waals surface area contributed by atoms with E-state index in [1.165, 1.54) is 36.0 Å². The van der Waals surface area contributed by atoms with Crippen molar-refractivity contribution >= 4 is 0 Å². The summed E-state index contributed by atoms with van der Waals surface area (Å²) in [5.74, 6) is 0. The van der Waals surface area contributed by atoms with Gasteiger partial charge in [0.2, 0.25) is 0 Å². The van der Waals surface area contributed by atoms with Crippen LogP contribution in [0.2, 0.25) is 0 Å². The van der Waals surface area contributed by atoms with E-state index in [-0.39, 0.29) is 0 Å². The molecule has 0 aliphatic heterocycles. The Morgan fingerprint density at radius 1 is 1.06 bits per heavy atom. The summed E-state index contributed by atoms with van der Waals surface area (Å²) in [6, 6.07) is 4.74. The SMILES string of the molecule is Cc1cc(C)c(C2(CCN)CCC2)cc1C. The van der Waals surface area contributed by atoms with Crippen molar-refractivity contribution in [3.63, 3.8) is 0 Å². The maximum atomic E-state index is 5.78. The van der Waals surface area contributed by atoms with Gasteiger partial charge in [-0.25, -0.2) is 0 Å². The molecule has 16 heavy (non-hydrogen) atoms. The Morgan fingerprint density at radius 3 is 2.19 bits per heavy atom. The summed E-state index contributed by atoms with van der Waals surface area (Å²) in [6.45, 7) is 7.47. The highest BCUT2D eigenvalue weighted by atomic mass is 14.6. The summed E-state index contributed by atoms with van der Waals surface area (Å²) in [6.07, 6.45) is 5.17. The Kier molecular flexibility index (Phi) is 3.07. The minimum absolute atomic E-state index is 0.414. The number of hydrogen-bond acceptors (Lipinski definition) is 1. The predicted octanol–water partition coefficient (Wildman–Crippen LogP) is 3.38. The van der Waals surface area contributed by atoms with E-state index in [0.29, 0.717) is 5.41 Å². The minimum atomic E-state index is 0.414. The fraction of sp³-hybridized carbons (Fsp3) is 0.600. The van der Waals surface area contributed by atoms with E-state index < -0.39 is 0 Å². The Bertz CT molecular complexity index is 389. The first-order valence-electron chi connectivity index (χ1n) is 6.37. The molecule has 1 nitrogen and oxygen atoms in total. The number of benzene rings is 1. The van der Waals surface area contributed by atoms with Crippen molar-refractivity contribution in [3.05, 3.63) is 34.4 Å². The molecule has 0 radical (unpaired) electrons. The van der Waals surface area contributed by atoms with Gasteiger partial charge in [-0.2, -0.15) is 0 Å². The maximum Gasteiger partial charge on any atom is -0.00323 e. The van der Waals surface area contributed by atoms with Crippen LogP contribution < -0.4 is 5.73 Å². The summed E-state index contributed by atoms with van der Waals surface area (Å²) in [7, 11) is 0. The van der Waals surface area contributed by atoms with Crippen molar-refractivity contribution in [3.8, 4) is 0 Å². The van der Waals surface area contributed by atoms with E-state index in [9.17, 15) is 0 Å². The van der Waals surface area contributed by atoms with E-state index in [1.54, 1.807) is 5.56 Å². The summed E-state index contributed by atoms with van der Waals surface area (Å²) < 4.78 is 0. The highest BCUT2D eigenvalue weighted by Gasteiger charge is 2.38. The molecule has 0 saturated heterocycles. The molecular weight excluding hydrogens is 194 g/mol. The zero-order valence-electron chi connectivity index (χ0n) is 10.8. The van der Waals surface area contributed by atoms with Crippen molar-refractivity contribution in [1.82, 2.24) is 0 Å². The average Bonchev–Trinajstić information content (AvgIpc) is 2.18. The van der Waals surface area contributed by atoms with Crippen molar-refractivity contribution in [2.24, 2.45) is 5.73 Å². The van der Waals surface area contributed by atoms with Gasteiger partial charge in [-0.3, -0.25) is 0 Å². The lowest BCUT2D eigenvalue weighted by Crippen LogP contribution is -2.37. The van der Waals surface area contributed by atoms with Gasteiger partial charge in [0.1, 0.15) is 0 Å². The van der Waals surface area contributed by atoms with Crippen LogP contribution in [0, 0.1) is 20.8 Å². The molecule has 1 aliphatic rings. The molecule has 0 atom stereocenters. The second kappa shape index (κ2) is 4.21. The first-order valence-corrected chi connectivity index (χ1v) is 6.37. The van der Waals surface area contributed by atoms with Gasteiger partial charge in [0.05, 0.1) is 0 Å². The molecule has 0 unspecified atom stereocenters. The van der Waals surface area contributed by atoms with Gasteiger partial charge in [-0.1, -0.05) is 18.6 Å². The average molecular weight is 217 g/mol. The highest BCUT2D eigenvalue weighted by molar-refractivity contribution is 5.42. The van der Waals surface area contributed by atoms with Crippen LogP contribution in [0.1, 0.15) is 47.9 Å². The molecule has 0 bridgehead atoms. The molecule has 0 spiro atoms. The van der Waals surface area contributed by atoms with Crippen molar-refractivity contribution in [1.29, 1.82) is 0 Å². The molecule has 1 aromatic carbocycles. The Labute approximate surface area is 99.0 Å². The number of rotatable bonds is 3. The quantitative estimate of drug-likeness (QED) is 0.825. The molecule has 1 heteroatoms. The van der Waals surface area contributed by atoms with E-state index >= 15 is 0 Å². The molecule has 88 valence electrons. The van der Waals surface area contributed by atoms with Crippen LogP contribution in [0.25, 0.3) is 0 Å². The van der Waals surface area contributed by atoms with Crippen molar-refractivity contribution < 1.29 is 0 Å². The van der Waals surface area contributed by atoms with Gasteiger partial charge in [0.15, 0.2) is 0 Å². The monoisotopic (exact) mass is 217 g/mol. The molecule has 1 fully saturated rings. The first kappa shape index (κ1) is 11.7. The zero-order valence-corrected chi connectivity index (χ0v) is 10.8. The van der Waals surface area contributed by atoms with Gasteiger partial charge in [-0.15, -0.1) is 0 Å². The van der Waals surface area contributed by atoms with Crippen LogP contribution in [-0.4, -0.2) is 6.54 Å². The Hall–Kier alpha value is -0.820. The Morgan fingerprint density at radius 2 is 1.69 bits per heavy atom. The van der Waals surface area contributed by atoms with Gasteiger partial charge in [-0.05, 0) is 74.2 Å². The molecule has 0 heterocycles. The molecule has 0 aromatic heterocycles. The largest absolute Gasteiger partial charge is 0.330 e. The molecule has 1 aliphatic carbocycles. The van der Waals surface area contributed by atoms with Crippen LogP contribution >= 0.6 is 0 Å². The van der Waals surface area contributed by atoms with Gasteiger partial charge in [0.25, 0.3) is 0 Å². The topological polar surface area (TPSA) is 26.0 Å². The summed E-state index contributed by atoms with van der Waals surface area (Å²) in [5, 5.41) is 0. The first-order chi connectivity index (χ1) is 7.59.